The van der Waals surface area contributed by atoms with Gasteiger partial charge < -0.3 is 20.1 Å². The number of amides is 1. The lowest BCUT2D eigenvalue weighted by Crippen LogP contribution is -2.33. The number of likely N-dealkylation sites (N-methyl/N-ethyl adjacent to an activating group) is 2. The quantitative estimate of drug-likeness (QED) is 0.787. The largest absolute Gasteiger partial charge is 0.504 e. The number of phenols is 1. The molecule has 5 heteroatoms. The second-order valence-electron chi connectivity index (χ2n) is 3.79. The molecule has 1 aromatic rings. The summed E-state index contributed by atoms with van der Waals surface area (Å²) >= 11 is 0. The highest BCUT2D eigenvalue weighted by Gasteiger charge is 2.09. The fourth-order valence-electron chi connectivity index (χ4n) is 1.47. The Morgan fingerprint density at radius 3 is 2.82 bits per heavy atom. The first kappa shape index (κ1) is 13.3. The molecule has 0 spiro atoms. The van der Waals surface area contributed by atoms with Gasteiger partial charge in [0.15, 0.2) is 11.5 Å². The topological polar surface area (TPSA) is 61.8 Å². The molecule has 0 saturated heterocycles. The van der Waals surface area contributed by atoms with Gasteiger partial charge in [0.2, 0.25) is 5.91 Å². The zero-order valence-electron chi connectivity index (χ0n) is 10.4. The third-order valence-corrected chi connectivity index (χ3v) is 2.42. The highest BCUT2D eigenvalue weighted by atomic mass is 16.5. The number of methoxy groups -OCH3 is 1. The molecule has 0 aromatic heterocycles. The Morgan fingerprint density at radius 1 is 1.53 bits per heavy atom. The van der Waals surface area contributed by atoms with E-state index >= 15 is 0 Å². The normalized spacial score (nSPS) is 10.1. The minimum absolute atomic E-state index is 0.0135. The average Bonchev–Trinajstić information content (AvgIpc) is 2.31. The molecule has 0 aliphatic heterocycles. The first-order chi connectivity index (χ1) is 8.08. The van der Waals surface area contributed by atoms with Gasteiger partial charge >= 0.3 is 0 Å². The van der Waals surface area contributed by atoms with Crippen LogP contribution < -0.4 is 10.1 Å². The van der Waals surface area contributed by atoms with Crippen molar-refractivity contribution >= 4 is 5.91 Å². The van der Waals surface area contributed by atoms with E-state index in [0.717, 1.165) is 5.56 Å². The highest BCUT2D eigenvalue weighted by Crippen LogP contribution is 2.26. The van der Waals surface area contributed by atoms with Gasteiger partial charge in [0.25, 0.3) is 0 Å². The van der Waals surface area contributed by atoms with Crippen LogP contribution in [0.25, 0.3) is 0 Å². The van der Waals surface area contributed by atoms with Crippen LogP contribution in [-0.2, 0) is 11.3 Å². The second-order valence-corrected chi connectivity index (χ2v) is 3.79. The SMILES string of the molecule is CNCC(=O)N(C)Cc1ccc(O)c(OC)c1. The summed E-state index contributed by atoms with van der Waals surface area (Å²) < 4.78 is 5.01. The molecular weight excluding hydrogens is 220 g/mol. The van der Waals surface area contributed by atoms with Crippen LogP contribution >= 0.6 is 0 Å². The van der Waals surface area contributed by atoms with E-state index in [1.807, 2.05) is 0 Å². The Kier molecular flexibility index (Phi) is 4.78. The average molecular weight is 238 g/mol. The van der Waals surface area contributed by atoms with E-state index < -0.39 is 0 Å². The molecule has 0 unspecified atom stereocenters. The number of phenolic OH excluding ortho intramolecular Hbond substituents is 1. The van der Waals surface area contributed by atoms with Gasteiger partial charge in [0.05, 0.1) is 13.7 Å². The standard InChI is InChI=1S/C12H18N2O3/c1-13-7-12(16)14(2)8-9-4-5-10(15)11(6-9)17-3/h4-6,13,15H,7-8H2,1-3H3. The van der Waals surface area contributed by atoms with Gasteiger partial charge in [-0.15, -0.1) is 0 Å². The molecule has 0 bridgehead atoms. The van der Waals surface area contributed by atoms with Gasteiger partial charge in [-0.1, -0.05) is 6.07 Å². The Morgan fingerprint density at radius 2 is 2.24 bits per heavy atom. The van der Waals surface area contributed by atoms with Crippen molar-refractivity contribution in [2.75, 3.05) is 27.7 Å². The first-order valence-corrected chi connectivity index (χ1v) is 5.33. The van der Waals surface area contributed by atoms with Crippen LogP contribution in [0, 0.1) is 0 Å². The third kappa shape index (κ3) is 3.64. The van der Waals surface area contributed by atoms with Crippen molar-refractivity contribution in [1.29, 1.82) is 0 Å². The van der Waals surface area contributed by atoms with E-state index in [1.54, 1.807) is 37.2 Å². The second kappa shape index (κ2) is 6.10. The van der Waals surface area contributed by atoms with Crippen LogP contribution in [0.3, 0.4) is 0 Å². The van der Waals surface area contributed by atoms with Gasteiger partial charge in [0, 0.05) is 13.6 Å². The van der Waals surface area contributed by atoms with Gasteiger partial charge in [-0.05, 0) is 24.7 Å². The summed E-state index contributed by atoms with van der Waals surface area (Å²) in [6, 6.07) is 5.05. The van der Waals surface area contributed by atoms with Crippen LogP contribution in [-0.4, -0.2) is 43.7 Å². The molecule has 17 heavy (non-hydrogen) atoms. The summed E-state index contributed by atoms with van der Waals surface area (Å²) in [6.45, 7) is 0.795. The van der Waals surface area contributed by atoms with Crippen molar-refractivity contribution in [1.82, 2.24) is 10.2 Å². The predicted molar refractivity (Wildman–Crippen MR) is 65.1 cm³/mol. The number of aromatic hydroxyl groups is 1. The maximum Gasteiger partial charge on any atom is 0.236 e. The van der Waals surface area contributed by atoms with Crippen LogP contribution in [0.4, 0.5) is 0 Å². The number of ether oxygens (including phenoxy) is 1. The van der Waals surface area contributed by atoms with Crippen LogP contribution in [0.2, 0.25) is 0 Å². The number of hydrogen-bond donors (Lipinski definition) is 2. The lowest BCUT2D eigenvalue weighted by atomic mass is 10.2. The van der Waals surface area contributed by atoms with E-state index in [1.165, 1.54) is 7.11 Å². The minimum atomic E-state index is 0.0135. The molecule has 0 fully saturated rings. The molecule has 0 aliphatic carbocycles. The molecule has 1 rings (SSSR count). The molecule has 2 N–H and O–H groups in total. The van der Waals surface area contributed by atoms with Crippen molar-refractivity contribution in [2.45, 2.75) is 6.54 Å². The van der Waals surface area contributed by atoms with Gasteiger partial charge in [0.1, 0.15) is 0 Å². The maximum atomic E-state index is 11.6. The smallest absolute Gasteiger partial charge is 0.236 e. The summed E-state index contributed by atoms with van der Waals surface area (Å²) in [6.07, 6.45) is 0. The van der Waals surface area contributed by atoms with E-state index in [9.17, 15) is 9.90 Å². The Bertz CT molecular complexity index is 393. The summed E-state index contributed by atoms with van der Waals surface area (Å²) in [7, 11) is 4.96. The summed E-state index contributed by atoms with van der Waals surface area (Å²) in [5, 5.41) is 12.3. The Hall–Kier alpha value is -1.75. The lowest BCUT2D eigenvalue weighted by molar-refractivity contribution is -0.129. The van der Waals surface area contributed by atoms with Gasteiger partial charge in [-0.25, -0.2) is 0 Å². The molecule has 1 aromatic carbocycles. The van der Waals surface area contributed by atoms with Crippen LogP contribution in [0.5, 0.6) is 11.5 Å². The van der Waals surface area contributed by atoms with E-state index in [4.69, 9.17) is 4.74 Å². The van der Waals surface area contributed by atoms with Gasteiger partial charge in [-0.2, -0.15) is 0 Å². The summed E-state index contributed by atoms with van der Waals surface area (Å²) in [5.74, 6) is 0.525. The van der Waals surface area contributed by atoms with E-state index in [0.29, 0.717) is 18.8 Å². The minimum Gasteiger partial charge on any atom is -0.504 e. The number of nitrogens with zero attached hydrogens (tertiary/aromatic N) is 1. The van der Waals surface area contributed by atoms with Crippen molar-refractivity contribution in [3.63, 3.8) is 0 Å². The molecule has 5 nitrogen and oxygen atoms in total. The van der Waals surface area contributed by atoms with Crippen LogP contribution in [0.1, 0.15) is 5.56 Å². The molecule has 0 heterocycles. The predicted octanol–water partition coefficient (Wildman–Crippen LogP) is 0.579. The number of nitrogens with one attached hydrogen (secondary N) is 1. The monoisotopic (exact) mass is 238 g/mol. The molecule has 0 saturated carbocycles. The third-order valence-electron chi connectivity index (χ3n) is 2.42. The van der Waals surface area contributed by atoms with Crippen molar-refractivity contribution in [3.05, 3.63) is 23.8 Å². The number of carbonyl (C=O) groups excluding carboxylic acids is 1. The first-order valence-electron chi connectivity index (χ1n) is 5.33. The summed E-state index contributed by atoms with van der Waals surface area (Å²) in [5.41, 5.74) is 0.909. The molecule has 0 atom stereocenters. The van der Waals surface area contributed by atoms with Crippen molar-refractivity contribution in [3.8, 4) is 11.5 Å². The van der Waals surface area contributed by atoms with E-state index in [-0.39, 0.29) is 11.7 Å². The van der Waals surface area contributed by atoms with Gasteiger partial charge in [-0.3, -0.25) is 4.79 Å². The van der Waals surface area contributed by atoms with Crippen LogP contribution in [0.15, 0.2) is 18.2 Å². The van der Waals surface area contributed by atoms with Crippen molar-refractivity contribution in [2.24, 2.45) is 0 Å². The Balaban J connectivity index is 2.71. The number of rotatable bonds is 5. The molecule has 1 amide bonds. The Labute approximate surface area is 101 Å². The molecule has 94 valence electrons. The van der Waals surface area contributed by atoms with Crippen molar-refractivity contribution < 1.29 is 14.6 Å². The lowest BCUT2D eigenvalue weighted by Gasteiger charge is -2.17. The molecule has 0 aliphatic rings. The number of benzene rings is 1. The molecular formula is C12H18N2O3. The molecule has 0 radical (unpaired) electrons. The number of carbonyl (C=O) groups is 1. The fraction of sp³-hybridized carbons (Fsp3) is 0.417. The summed E-state index contributed by atoms with van der Waals surface area (Å²) in [4.78, 5) is 13.2. The highest BCUT2D eigenvalue weighted by molar-refractivity contribution is 5.77. The van der Waals surface area contributed by atoms with E-state index in [2.05, 4.69) is 5.32 Å². The zero-order chi connectivity index (χ0) is 12.8. The fourth-order valence-corrected chi connectivity index (χ4v) is 1.47. The number of hydrogen-bond acceptors (Lipinski definition) is 4. The zero-order valence-corrected chi connectivity index (χ0v) is 10.4. The maximum absolute atomic E-state index is 11.6.